The van der Waals surface area contributed by atoms with Gasteiger partial charge in [-0.3, -0.25) is 15.1 Å². The first-order chi connectivity index (χ1) is 12.5. The second kappa shape index (κ2) is 7.30. The largest absolute Gasteiger partial charge is 0.345 e. The van der Waals surface area contributed by atoms with Gasteiger partial charge >= 0.3 is 0 Å². The van der Waals surface area contributed by atoms with Crippen molar-refractivity contribution in [3.05, 3.63) is 46.2 Å². The Balaban J connectivity index is 1.98. The van der Waals surface area contributed by atoms with Crippen LogP contribution in [0.4, 0.5) is 0 Å². The van der Waals surface area contributed by atoms with Gasteiger partial charge in [0.25, 0.3) is 0 Å². The molecule has 0 unspecified atom stereocenters. The van der Waals surface area contributed by atoms with Crippen molar-refractivity contribution in [2.45, 2.75) is 38.1 Å². The van der Waals surface area contributed by atoms with Gasteiger partial charge in [-0.05, 0) is 41.1 Å². The van der Waals surface area contributed by atoms with E-state index in [4.69, 9.17) is 10.7 Å². The van der Waals surface area contributed by atoms with Crippen LogP contribution in [0.1, 0.15) is 43.0 Å². The number of guanidine groups is 1. The van der Waals surface area contributed by atoms with Gasteiger partial charge < -0.3 is 5.32 Å². The molecule has 1 saturated heterocycles. The lowest BCUT2D eigenvalue weighted by molar-refractivity contribution is -0.129. The summed E-state index contributed by atoms with van der Waals surface area (Å²) in [5.41, 5.74) is 2.14. The minimum absolute atomic E-state index is 0.0359. The first-order valence-corrected chi connectivity index (χ1v) is 9.60. The van der Waals surface area contributed by atoms with Gasteiger partial charge in [0, 0.05) is 11.9 Å². The molecule has 2 aromatic rings. The number of unbranched alkanes of at least 4 members (excludes halogenated alkanes) is 1. The number of thiophene rings is 1. The minimum Gasteiger partial charge on any atom is -0.345 e. The average Bonchev–Trinajstić information content (AvgIpc) is 3.15. The Morgan fingerprint density at radius 3 is 2.88 bits per heavy atom. The maximum Gasteiger partial charge on any atom is 0.231 e. The molecule has 1 amide bonds. The van der Waals surface area contributed by atoms with Crippen LogP contribution in [0, 0.1) is 16.7 Å². The highest BCUT2D eigenvalue weighted by molar-refractivity contribution is 7.10. The normalized spacial score (nSPS) is 20.0. The third-order valence-electron chi connectivity index (χ3n) is 4.87. The monoisotopic (exact) mass is 366 g/mol. The zero-order valence-corrected chi connectivity index (χ0v) is 15.8. The Morgan fingerprint density at radius 1 is 1.38 bits per heavy atom. The summed E-state index contributed by atoms with van der Waals surface area (Å²) >= 11 is 1.61. The third kappa shape index (κ3) is 3.35. The van der Waals surface area contributed by atoms with Gasteiger partial charge in [0.05, 0.1) is 23.6 Å². The zero-order valence-electron chi connectivity index (χ0n) is 15.0. The van der Waals surface area contributed by atoms with Crippen molar-refractivity contribution in [1.82, 2.24) is 10.2 Å². The molecule has 0 bridgehead atoms. The number of amides is 1. The number of benzene rings is 1. The highest BCUT2D eigenvalue weighted by atomic mass is 32.1. The molecule has 1 aromatic carbocycles. The summed E-state index contributed by atoms with van der Waals surface area (Å²) < 4.78 is 0. The summed E-state index contributed by atoms with van der Waals surface area (Å²) in [5, 5.41) is 22.6. The number of nitriles is 1. The maximum absolute atomic E-state index is 12.4. The van der Waals surface area contributed by atoms with Crippen molar-refractivity contribution in [1.29, 1.82) is 10.7 Å². The van der Waals surface area contributed by atoms with Gasteiger partial charge in [0.15, 0.2) is 5.96 Å². The van der Waals surface area contributed by atoms with Gasteiger partial charge in [-0.15, -0.1) is 11.3 Å². The van der Waals surface area contributed by atoms with E-state index in [9.17, 15) is 4.79 Å². The quantitative estimate of drug-likeness (QED) is 0.837. The number of rotatable bonds is 5. The van der Waals surface area contributed by atoms with Gasteiger partial charge in [0.1, 0.15) is 0 Å². The third-order valence-corrected chi connectivity index (χ3v) is 6.01. The lowest BCUT2D eigenvalue weighted by Crippen LogP contribution is -2.59. The number of nitrogens with one attached hydrogen (secondary N) is 2. The molecule has 1 fully saturated rings. The van der Waals surface area contributed by atoms with Crippen molar-refractivity contribution in [2.75, 3.05) is 7.05 Å². The van der Waals surface area contributed by atoms with Crippen molar-refractivity contribution in [3.8, 4) is 17.2 Å². The summed E-state index contributed by atoms with van der Waals surface area (Å²) in [7, 11) is 1.63. The summed E-state index contributed by atoms with van der Waals surface area (Å²) in [4.78, 5) is 14.9. The van der Waals surface area contributed by atoms with Crippen LogP contribution < -0.4 is 5.32 Å². The van der Waals surface area contributed by atoms with E-state index in [0.29, 0.717) is 12.0 Å². The van der Waals surface area contributed by atoms with Gasteiger partial charge in [-0.2, -0.15) is 5.26 Å². The van der Waals surface area contributed by atoms with E-state index in [1.54, 1.807) is 24.5 Å². The number of hydrogen-bond acceptors (Lipinski definition) is 4. The number of carbonyl (C=O) groups excluding carboxylic acids is 1. The van der Waals surface area contributed by atoms with Crippen LogP contribution in [0.15, 0.2) is 35.7 Å². The van der Waals surface area contributed by atoms with E-state index < -0.39 is 5.54 Å². The van der Waals surface area contributed by atoms with E-state index in [-0.39, 0.29) is 11.9 Å². The number of carbonyl (C=O) groups is 1. The Kier molecular flexibility index (Phi) is 5.10. The minimum atomic E-state index is -0.521. The molecule has 0 spiro atoms. The molecule has 5 nitrogen and oxygen atoms in total. The number of nitrogens with zero attached hydrogens (tertiary/aromatic N) is 2. The van der Waals surface area contributed by atoms with Crippen molar-refractivity contribution >= 4 is 23.2 Å². The Morgan fingerprint density at radius 2 is 2.19 bits per heavy atom. The summed E-state index contributed by atoms with van der Waals surface area (Å²) in [6.45, 7) is 2.13. The molecule has 3 rings (SSSR count). The smallest absolute Gasteiger partial charge is 0.231 e. The van der Waals surface area contributed by atoms with Gasteiger partial charge in [-0.25, -0.2) is 0 Å². The molecule has 0 saturated carbocycles. The number of hydrogen-bond donors (Lipinski definition) is 2. The van der Waals surface area contributed by atoms with Crippen LogP contribution in [0.25, 0.3) is 11.1 Å². The lowest BCUT2D eigenvalue weighted by Gasteiger charge is -2.41. The molecular weight excluding hydrogens is 344 g/mol. The van der Waals surface area contributed by atoms with Crippen molar-refractivity contribution in [2.24, 2.45) is 0 Å². The van der Waals surface area contributed by atoms with E-state index in [1.165, 1.54) is 4.90 Å². The van der Waals surface area contributed by atoms with Crippen LogP contribution in [0.3, 0.4) is 0 Å². The Hall–Kier alpha value is -2.65. The van der Waals surface area contributed by atoms with Gasteiger partial charge in [-0.1, -0.05) is 31.9 Å². The van der Waals surface area contributed by atoms with E-state index >= 15 is 0 Å². The van der Waals surface area contributed by atoms with E-state index in [0.717, 1.165) is 35.3 Å². The van der Waals surface area contributed by atoms with E-state index in [1.807, 2.05) is 18.2 Å². The van der Waals surface area contributed by atoms with Crippen LogP contribution in [0.5, 0.6) is 0 Å². The predicted molar refractivity (Wildman–Crippen MR) is 104 cm³/mol. The molecule has 0 radical (unpaired) electrons. The summed E-state index contributed by atoms with van der Waals surface area (Å²) in [6.07, 6.45) is 3.17. The molecular formula is C20H22N4OS. The Labute approximate surface area is 157 Å². The molecule has 2 heterocycles. The summed E-state index contributed by atoms with van der Waals surface area (Å²) in [5.74, 6) is 0.116. The van der Waals surface area contributed by atoms with Crippen LogP contribution in [-0.2, 0) is 10.3 Å². The lowest BCUT2D eigenvalue weighted by atomic mass is 9.85. The molecule has 2 N–H and O–H groups in total. The second-order valence-electron chi connectivity index (χ2n) is 6.68. The molecule has 1 atom stereocenters. The molecule has 1 aromatic heterocycles. The first-order valence-electron chi connectivity index (χ1n) is 8.72. The Bertz CT molecular complexity index is 862. The average molecular weight is 366 g/mol. The maximum atomic E-state index is 12.4. The summed E-state index contributed by atoms with van der Waals surface area (Å²) in [6, 6.07) is 11.8. The van der Waals surface area contributed by atoms with Crippen molar-refractivity contribution < 1.29 is 4.79 Å². The van der Waals surface area contributed by atoms with Gasteiger partial charge in [0.2, 0.25) is 5.91 Å². The standard InChI is InChI=1S/C20H22N4OS/c1-3-4-8-20(11-18(25)24(2)19(22)23-20)17-10-16(13-26-17)15-7-5-6-14(9-15)12-21/h5-7,9-10,13H,3-4,8,11H2,1-2H3,(H2,22,23)/t20-/m0/s1. The predicted octanol–water partition coefficient (Wildman–Crippen LogP) is 4.06. The van der Waals surface area contributed by atoms with Crippen LogP contribution in [0.2, 0.25) is 0 Å². The fourth-order valence-electron chi connectivity index (χ4n) is 3.26. The van der Waals surface area contributed by atoms with E-state index in [2.05, 4.69) is 29.8 Å². The van der Waals surface area contributed by atoms with Crippen LogP contribution >= 0.6 is 11.3 Å². The zero-order chi connectivity index (χ0) is 18.7. The van der Waals surface area contributed by atoms with Crippen LogP contribution in [-0.4, -0.2) is 23.8 Å². The highest BCUT2D eigenvalue weighted by Crippen LogP contribution is 2.40. The molecule has 26 heavy (non-hydrogen) atoms. The molecule has 1 aliphatic rings. The topological polar surface area (TPSA) is 80.0 Å². The first kappa shape index (κ1) is 18.2. The molecule has 0 aliphatic carbocycles. The fourth-order valence-corrected chi connectivity index (χ4v) is 4.37. The molecule has 6 heteroatoms. The molecule has 134 valence electrons. The SMILES string of the molecule is CCCC[C@@]1(c2cc(-c3cccc(C#N)c3)cs2)CC(=O)N(C)C(=N)N1. The molecule has 1 aliphatic heterocycles. The van der Waals surface area contributed by atoms with Crippen molar-refractivity contribution in [3.63, 3.8) is 0 Å². The highest BCUT2D eigenvalue weighted by Gasteiger charge is 2.42. The fraction of sp³-hybridized carbons (Fsp3) is 0.350. The second-order valence-corrected chi connectivity index (χ2v) is 7.59.